The molecule has 1 atom stereocenters. The average Bonchev–Trinajstić information content (AvgIpc) is 3.29. The predicted molar refractivity (Wildman–Crippen MR) is 96.5 cm³/mol. The Labute approximate surface area is 145 Å². The molecule has 1 fully saturated rings. The lowest BCUT2D eigenvalue weighted by atomic mass is 9.96. The normalized spacial score (nSPS) is 18.2. The monoisotopic (exact) mass is 339 g/mol. The van der Waals surface area contributed by atoms with Gasteiger partial charge in [-0.2, -0.15) is 5.10 Å². The van der Waals surface area contributed by atoms with Crippen LogP contribution in [-0.4, -0.2) is 33.0 Å². The molecule has 0 bridgehead atoms. The van der Waals surface area contributed by atoms with Crippen LogP contribution in [0.25, 0.3) is 5.52 Å². The molecule has 1 aliphatic rings. The van der Waals surface area contributed by atoms with Gasteiger partial charge in [0.05, 0.1) is 17.3 Å². The van der Waals surface area contributed by atoms with Crippen LogP contribution in [0.15, 0.2) is 48.1 Å². The van der Waals surface area contributed by atoms with Crippen LogP contribution in [0.3, 0.4) is 0 Å². The maximum absolute atomic E-state index is 13.1. The molecule has 0 spiro atoms. The van der Waals surface area contributed by atoms with Gasteiger partial charge in [-0.15, -0.1) is 11.3 Å². The third kappa shape index (κ3) is 2.96. The number of fused-ring (bicyclic) bond motifs is 1. The second-order valence-electron chi connectivity index (χ2n) is 6.35. The number of piperidine rings is 1. The van der Waals surface area contributed by atoms with Crippen LogP contribution in [0.1, 0.15) is 40.9 Å². The molecule has 4 rings (SSSR count). The third-order valence-electron chi connectivity index (χ3n) is 4.85. The lowest BCUT2D eigenvalue weighted by Gasteiger charge is -2.35. The van der Waals surface area contributed by atoms with Crippen molar-refractivity contribution in [2.75, 3.05) is 6.54 Å². The van der Waals surface area contributed by atoms with Gasteiger partial charge in [-0.05, 0) is 55.7 Å². The van der Waals surface area contributed by atoms with Crippen LogP contribution >= 0.6 is 11.3 Å². The van der Waals surface area contributed by atoms with Gasteiger partial charge >= 0.3 is 0 Å². The van der Waals surface area contributed by atoms with Gasteiger partial charge in [-0.25, -0.2) is 4.52 Å². The first-order valence-electron chi connectivity index (χ1n) is 8.58. The predicted octanol–water partition coefficient (Wildman–Crippen LogP) is 4.02. The summed E-state index contributed by atoms with van der Waals surface area (Å²) in [5.74, 6) is 0.132. The number of rotatable bonds is 4. The summed E-state index contributed by atoms with van der Waals surface area (Å²) >= 11 is 1.80. The highest BCUT2D eigenvalue weighted by Crippen LogP contribution is 2.25. The Kier molecular flexibility index (Phi) is 4.34. The van der Waals surface area contributed by atoms with Crippen LogP contribution < -0.4 is 0 Å². The fourth-order valence-electron chi connectivity index (χ4n) is 3.59. The zero-order valence-corrected chi connectivity index (χ0v) is 14.4. The Morgan fingerprint density at radius 2 is 2.21 bits per heavy atom. The van der Waals surface area contributed by atoms with Crippen molar-refractivity contribution >= 4 is 22.8 Å². The molecular weight excluding hydrogens is 318 g/mol. The molecule has 5 heteroatoms. The van der Waals surface area contributed by atoms with Crippen molar-refractivity contribution in [3.63, 3.8) is 0 Å². The SMILES string of the molecule is O=C(c1cnn2ccccc12)N1CCCC[C@H]1CCc1cccs1. The quantitative estimate of drug-likeness (QED) is 0.720. The number of hydrogen-bond acceptors (Lipinski definition) is 3. The standard InChI is InChI=1S/C19H21N3OS/c23-19(17-14-20-22-12-4-2-8-18(17)22)21-11-3-1-6-15(21)9-10-16-7-5-13-24-16/h2,4-5,7-8,12-15H,1,3,6,9-11H2/t15-/m0/s1. The van der Waals surface area contributed by atoms with Crippen molar-refractivity contribution in [2.45, 2.75) is 38.1 Å². The van der Waals surface area contributed by atoms with Gasteiger partial charge in [0.1, 0.15) is 0 Å². The van der Waals surface area contributed by atoms with Crippen LogP contribution in [0.2, 0.25) is 0 Å². The van der Waals surface area contributed by atoms with Crippen molar-refractivity contribution in [2.24, 2.45) is 0 Å². The molecule has 124 valence electrons. The van der Waals surface area contributed by atoms with E-state index in [-0.39, 0.29) is 5.91 Å². The lowest BCUT2D eigenvalue weighted by Crippen LogP contribution is -2.43. The van der Waals surface area contributed by atoms with E-state index in [0.717, 1.165) is 43.3 Å². The summed E-state index contributed by atoms with van der Waals surface area (Å²) in [6, 6.07) is 10.5. The molecule has 24 heavy (non-hydrogen) atoms. The van der Waals surface area contributed by atoms with Gasteiger partial charge in [0, 0.05) is 23.7 Å². The van der Waals surface area contributed by atoms with Crippen molar-refractivity contribution in [3.05, 3.63) is 58.5 Å². The number of thiophene rings is 1. The summed E-state index contributed by atoms with van der Waals surface area (Å²) in [6.07, 6.45) is 9.12. The number of carbonyl (C=O) groups excluding carboxylic acids is 1. The second-order valence-corrected chi connectivity index (χ2v) is 7.39. The Morgan fingerprint density at radius 3 is 3.08 bits per heavy atom. The summed E-state index contributed by atoms with van der Waals surface area (Å²) in [5.41, 5.74) is 1.61. The molecule has 0 aromatic carbocycles. The van der Waals surface area contributed by atoms with Gasteiger partial charge < -0.3 is 4.90 Å². The highest BCUT2D eigenvalue weighted by Gasteiger charge is 2.28. The fourth-order valence-corrected chi connectivity index (χ4v) is 4.31. The van der Waals surface area contributed by atoms with Crippen LogP contribution in [0.4, 0.5) is 0 Å². The maximum atomic E-state index is 13.1. The van der Waals surface area contributed by atoms with E-state index in [9.17, 15) is 4.79 Å². The molecule has 0 unspecified atom stereocenters. The molecular formula is C19H21N3OS. The van der Waals surface area contributed by atoms with Crippen molar-refractivity contribution < 1.29 is 4.79 Å². The summed E-state index contributed by atoms with van der Waals surface area (Å²) in [4.78, 5) is 16.6. The van der Waals surface area contributed by atoms with Gasteiger partial charge in [0.2, 0.25) is 0 Å². The molecule has 4 nitrogen and oxygen atoms in total. The maximum Gasteiger partial charge on any atom is 0.257 e. The van der Waals surface area contributed by atoms with E-state index in [4.69, 9.17) is 0 Å². The topological polar surface area (TPSA) is 37.6 Å². The Morgan fingerprint density at radius 1 is 1.25 bits per heavy atom. The summed E-state index contributed by atoms with van der Waals surface area (Å²) in [5, 5.41) is 6.44. The van der Waals surface area contributed by atoms with Crippen molar-refractivity contribution in [3.8, 4) is 0 Å². The van der Waals surface area contributed by atoms with E-state index in [0.29, 0.717) is 6.04 Å². The average molecular weight is 339 g/mol. The minimum absolute atomic E-state index is 0.132. The molecule has 0 radical (unpaired) electrons. The molecule has 4 heterocycles. The molecule has 0 N–H and O–H groups in total. The number of carbonyl (C=O) groups is 1. The zero-order valence-electron chi connectivity index (χ0n) is 13.6. The smallest absolute Gasteiger partial charge is 0.257 e. The number of aromatic nitrogens is 2. The minimum atomic E-state index is 0.132. The van der Waals surface area contributed by atoms with E-state index in [1.54, 1.807) is 22.0 Å². The van der Waals surface area contributed by atoms with E-state index in [1.165, 1.54) is 11.3 Å². The third-order valence-corrected chi connectivity index (χ3v) is 5.79. The zero-order chi connectivity index (χ0) is 16.4. The van der Waals surface area contributed by atoms with E-state index in [1.807, 2.05) is 24.4 Å². The van der Waals surface area contributed by atoms with Gasteiger partial charge in [-0.3, -0.25) is 4.79 Å². The summed E-state index contributed by atoms with van der Waals surface area (Å²) < 4.78 is 1.78. The summed E-state index contributed by atoms with van der Waals surface area (Å²) in [6.45, 7) is 0.859. The number of likely N-dealkylation sites (tertiary alicyclic amines) is 1. The number of aryl methyl sites for hydroxylation is 1. The lowest BCUT2D eigenvalue weighted by molar-refractivity contribution is 0.0604. The van der Waals surface area contributed by atoms with Crippen molar-refractivity contribution in [1.82, 2.24) is 14.5 Å². The highest BCUT2D eigenvalue weighted by atomic mass is 32.1. The number of pyridine rings is 1. The second kappa shape index (κ2) is 6.77. The van der Waals surface area contributed by atoms with Gasteiger partial charge in [0.15, 0.2) is 0 Å². The molecule has 0 aliphatic carbocycles. The Bertz CT molecular complexity index is 824. The van der Waals surface area contributed by atoms with Crippen molar-refractivity contribution in [1.29, 1.82) is 0 Å². The number of amides is 1. The van der Waals surface area contributed by atoms with Crippen LogP contribution in [-0.2, 0) is 6.42 Å². The first-order valence-corrected chi connectivity index (χ1v) is 9.46. The van der Waals surface area contributed by atoms with Gasteiger partial charge in [-0.1, -0.05) is 12.1 Å². The molecule has 3 aromatic rings. The first-order chi connectivity index (χ1) is 11.8. The van der Waals surface area contributed by atoms with E-state index >= 15 is 0 Å². The largest absolute Gasteiger partial charge is 0.336 e. The first kappa shape index (κ1) is 15.4. The molecule has 0 saturated carbocycles. The molecule has 1 aliphatic heterocycles. The molecule has 1 saturated heterocycles. The minimum Gasteiger partial charge on any atom is -0.336 e. The Hall–Kier alpha value is -2.14. The van der Waals surface area contributed by atoms with Crippen LogP contribution in [0, 0.1) is 0 Å². The van der Waals surface area contributed by atoms with E-state index in [2.05, 4.69) is 27.5 Å². The van der Waals surface area contributed by atoms with Gasteiger partial charge in [0.25, 0.3) is 5.91 Å². The molecule has 3 aromatic heterocycles. The van der Waals surface area contributed by atoms with Crippen LogP contribution in [0.5, 0.6) is 0 Å². The highest BCUT2D eigenvalue weighted by molar-refractivity contribution is 7.09. The van der Waals surface area contributed by atoms with E-state index < -0.39 is 0 Å². The Balaban J connectivity index is 1.54. The fraction of sp³-hybridized carbons (Fsp3) is 0.368. The summed E-state index contributed by atoms with van der Waals surface area (Å²) in [7, 11) is 0. The number of hydrogen-bond donors (Lipinski definition) is 0. The molecule has 1 amide bonds. The number of nitrogens with zero attached hydrogens (tertiary/aromatic N) is 3.